The molecule has 0 spiro atoms. The van der Waals surface area contributed by atoms with E-state index in [4.69, 9.17) is 11.6 Å². The summed E-state index contributed by atoms with van der Waals surface area (Å²) in [5, 5.41) is 24.9. The lowest BCUT2D eigenvalue weighted by Gasteiger charge is -2.07. The Bertz CT molecular complexity index is 787. The Morgan fingerprint density at radius 2 is 1.65 bits per heavy atom. The van der Waals surface area contributed by atoms with Gasteiger partial charge in [0.25, 0.3) is 17.3 Å². The van der Waals surface area contributed by atoms with Gasteiger partial charge in [-0.15, -0.1) is 0 Å². The zero-order chi connectivity index (χ0) is 17.1. The first kappa shape index (κ1) is 16.4. The van der Waals surface area contributed by atoms with Crippen LogP contribution in [-0.4, -0.2) is 15.8 Å². The van der Waals surface area contributed by atoms with Crippen LogP contribution in [0.25, 0.3) is 0 Å². The maximum atomic E-state index is 12.2. The summed E-state index contributed by atoms with van der Waals surface area (Å²) < 4.78 is 0. The number of amides is 1. The molecule has 0 heterocycles. The molecule has 23 heavy (non-hydrogen) atoms. The molecule has 0 radical (unpaired) electrons. The monoisotopic (exact) mass is 335 g/mol. The van der Waals surface area contributed by atoms with Crippen molar-refractivity contribution < 1.29 is 14.6 Å². The van der Waals surface area contributed by atoms with Crippen molar-refractivity contribution in [3.8, 4) is 0 Å². The predicted molar refractivity (Wildman–Crippen MR) is 83.9 cm³/mol. The summed E-state index contributed by atoms with van der Waals surface area (Å²) in [6.45, 7) is 1.26. The van der Waals surface area contributed by atoms with E-state index in [0.29, 0.717) is 10.7 Å². The van der Waals surface area contributed by atoms with Crippen LogP contribution in [0.2, 0.25) is 5.02 Å². The van der Waals surface area contributed by atoms with Gasteiger partial charge in [-0.1, -0.05) is 17.7 Å². The Labute approximate surface area is 135 Å². The maximum absolute atomic E-state index is 12.2. The first-order valence-corrected chi connectivity index (χ1v) is 6.67. The van der Waals surface area contributed by atoms with Crippen LogP contribution in [0.4, 0.5) is 17.1 Å². The number of benzene rings is 2. The fourth-order valence-corrected chi connectivity index (χ4v) is 2.15. The van der Waals surface area contributed by atoms with Gasteiger partial charge >= 0.3 is 0 Å². The molecule has 0 aliphatic carbocycles. The van der Waals surface area contributed by atoms with Gasteiger partial charge in [0.1, 0.15) is 5.56 Å². The number of rotatable bonds is 4. The maximum Gasteiger partial charge on any atom is 0.279 e. The minimum Gasteiger partial charge on any atom is -0.322 e. The van der Waals surface area contributed by atoms with Gasteiger partial charge in [-0.3, -0.25) is 25.0 Å². The van der Waals surface area contributed by atoms with E-state index in [-0.39, 0.29) is 11.1 Å². The van der Waals surface area contributed by atoms with Crippen molar-refractivity contribution in [2.24, 2.45) is 0 Å². The number of nitrogens with zero attached hydrogens (tertiary/aromatic N) is 2. The van der Waals surface area contributed by atoms with Gasteiger partial charge in [0.05, 0.1) is 15.4 Å². The molecular formula is C14H10ClN3O5. The van der Waals surface area contributed by atoms with Gasteiger partial charge in [0.15, 0.2) is 0 Å². The van der Waals surface area contributed by atoms with Gasteiger partial charge in [-0.2, -0.15) is 0 Å². The molecule has 1 amide bonds. The molecule has 0 aromatic heterocycles. The summed E-state index contributed by atoms with van der Waals surface area (Å²) in [6.07, 6.45) is 0. The van der Waals surface area contributed by atoms with Crippen LogP contribution in [0.15, 0.2) is 36.4 Å². The Morgan fingerprint density at radius 3 is 2.13 bits per heavy atom. The zero-order valence-corrected chi connectivity index (χ0v) is 12.5. The summed E-state index contributed by atoms with van der Waals surface area (Å²) in [4.78, 5) is 32.7. The molecule has 0 unspecified atom stereocenters. The third-order valence-electron chi connectivity index (χ3n) is 3.09. The third-order valence-corrected chi connectivity index (χ3v) is 3.33. The highest BCUT2D eigenvalue weighted by Crippen LogP contribution is 2.29. The van der Waals surface area contributed by atoms with E-state index >= 15 is 0 Å². The summed E-state index contributed by atoms with van der Waals surface area (Å²) >= 11 is 5.80. The molecular weight excluding hydrogens is 326 g/mol. The average molecular weight is 336 g/mol. The number of carbonyl (C=O) groups excluding carboxylic acids is 1. The molecule has 0 aliphatic rings. The number of nitro groups is 2. The molecule has 0 atom stereocenters. The highest BCUT2D eigenvalue weighted by molar-refractivity contribution is 6.31. The van der Waals surface area contributed by atoms with E-state index in [1.165, 1.54) is 13.0 Å². The van der Waals surface area contributed by atoms with Gasteiger partial charge in [0, 0.05) is 22.8 Å². The number of anilines is 1. The first-order chi connectivity index (χ1) is 10.8. The first-order valence-electron chi connectivity index (χ1n) is 6.30. The van der Waals surface area contributed by atoms with E-state index in [0.717, 1.165) is 12.1 Å². The molecule has 2 aromatic carbocycles. The molecule has 9 heteroatoms. The average Bonchev–Trinajstić information content (AvgIpc) is 2.46. The van der Waals surface area contributed by atoms with E-state index in [1.54, 1.807) is 18.2 Å². The minimum atomic E-state index is -0.765. The van der Waals surface area contributed by atoms with E-state index < -0.39 is 27.1 Å². The second-order valence-electron chi connectivity index (χ2n) is 4.62. The standard InChI is InChI=1S/C14H10ClN3O5/c1-8-12(17(20)21)5-9(6-13(8)18(22)23)14(19)16-11-4-2-3-10(15)7-11/h2-7H,1H3,(H,16,19). The third kappa shape index (κ3) is 3.61. The Hall–Kier alpha value is -3.00. The molecule has 0 fully saturated rings. The molecule has 2 rings (SSSR count). The SMILES string of the molecule is Cc1c([N+](=O)[O-])cc(C(=O)Nc2cccc(Cl)c2)cc1[N+](=O)[O-]. The molecule has 8 nitrogen and oxygen atoms in total. The van der Waals surface area contributed by atoms with Crippen molar-refractivity contribution >= 4 is 34.6 Å². The van der Waals surface area contributed by atoms with E-state index in [1.807, 2.05) is 0 Å². The van der Waals surface area contributed by atoms with Crippen LogP contribution >= 0.6 is 11.6 Å². The Morgan fingerprint density at radius 1 is 1.09 bits per heavy atom. The second kappa shape index (κ2) is 6.41. The highest BCUT2D eigenvalue weighted by atomic mass is 35.5. The smallest absolute Gasteiger partial charge is 0.279 e. The van der Waals surface area contributed by atoms with Gasteiger partial charge < -0.3 is 5.32 Å². The molecule has 0 saturated carbocycles. The van der Waals surface area contributed by atoms with Crippen LogP contribution in [0.5, 0.6) is 0 Å². The lowest BCUT2D eigenvalue weighted by molar-refractivity contribution is -0.395. The van der Waals surface area contributed by atoms with Crippen LogP contribution in [0.1, 0.15) is 15.9 Å². The number of nitrogens with one attached hydrogen (secondary N) is 1. The largest absolute Gasteiger partial charge is 0.322 e. The number of hydrogen-bond acceptors (Lipinski definition) is 5. The van der Waals surface area contributed by atoms with Crippen LogP contribution in [-0.2, 0) is 0 Å². The highest BCUT2D eigenvalue weighted by Gasteiger charge is 2.25. The molecule has 1 N–H and O–H groups in total. The van der Waals surface area contributed by atoms with Crippen molar-refractivity contribution in [3.05, 3.63) is 72.8 Å². The predicted octanol–water partition coefficient (Wildman–Crippen LogP) is 3.72. The molecule has 0 saturated heterocycles. The van der Waals surface area contributed by atoms with E-state index in [2.05, 4.69) is 5.32 Å². The second-order valence-corrected chi connectivity index (χ2v) is 5.05. The zero-order valence-electron chi connectivity index (χ0n) is 11.8. The number of nitro benzene ring substituents is 2. The molecule has 2 aromatic rings. The minimum absolute atomic E-state index is 0.112. The lowest BCUT2D eigenvalue weighted by atomic mass is 10.1. The summed E-state index contributed by atoms with van der Waals surface area (Å²) in [6, 6.07) is 8.28. The Balaban J connectivity index is 2.44. The lowest BCUT2D eigenvalue weighted by Crippen LogP contribution is -2.13. The van der Waals surface area contributed by atoms with Crippen molar-refractivity contribution in [1.82, 2.24) is 0 Å². The van der Waals surface area contributed by atoms with Crippen molar-refractivity contribution in [3.63, 3.8) is 0 Å². The normalized spacial score (nSPS) is 10.2. The quantitative estimate of drug-likeness (QED) is 0.675. The Kier molecular flexibility index (Phi) is 4.56. The fraction of sp³-hybridized carbons (Fsp3) is 0.0714. The number of carbonyl (C=O) groups is 1. The van der Waals surface area contributed by atoms with Crippen molar-refractivity contribution in [1.29, 1.82) is 0 Å². The fourth-order valence-electron chi connectivity index (χ4n) is 1.96. The van der Waals surface area contributed by atoms with Crippen molar-refractivity contribution in [2.45, 2.75) is 6.92 Å². The number of hydrogen-bond donors (Lipinski definition) is 1. The summed E-state index contributed by atoms with van der Waals surface area (Å²) in [5.74, 6) is -0.710. The summed E-state index contributed by atoms with van der Waals surface area (Å²) in [7, 11) is 0. The number of halogens is 1. The van der Waals surface area contributed by atoms with Crippen molar-refractivity contribution in [2.75, 3.05) is 5.32 Å². The van der Waals surface area contributed by atoms with Crippen LogP contribution in [0, 0.1) is 27.2 Å². The summed E-state index contributed by atoms with van der Waals surface area (Å²) in [5.41, 5.74) is -0.910. The van der Waals surface area contributed by atoms with Crippen LogP contribution in [0.3, 0.4) is 0 Å². The van der Waals surface area contributed by atoms with Gasteiger partial charge in [-0.25, -0.2) is 0 Å². The van der Waals surface area contributed by atoms with Crippen LogP contribution < -0.4 is 5.32 Å². The van der Waals surface area contributed by atoms with E-state index in [9.17, 15) is 25.0 Å². The van der Waals surface area contributed by atoms with Gasteiger partial charge in [-0.05, 0) is 25.1 Å². The molecule has 118 valence electrons. The van der Waals surface area contributed by atoms with Gasteiger partial charge in [0.2, 0.25) is 0 Å². The molecule has 0 aliphatic heterocycles. The molecule has 0 bridgehead atoms. The topological polar surface area (TPSA) is 115 Å².